The molecule has 7 heteroatoms. The van der Waals surface area contributed by atoms with E-state index in [1.807, 2.05) is 24.0 Å². The maximum atomic E-state index is 12.8. The fraction of sp³-hybridized carbons (Fsp3) is 0.412. The lowest BCUT2D eigenvalue weighted by atomic mass is 10.2. The summed E-state index contributed by atoms with van der Waals surface area (Å²) in [4.78, 5) is 21.0. The molecular weight excluding hydrogens is 306 g/mol. The highest BCUT2D eigenvalue weighted by molar-refractivity contribution is 5.95. The van der Waals surface area contributed by atoms with E-state index in [9.17, 15) is 4.79 Å². The van der Waals surface area contributed by atoms with Gasteiger partial charge < -0.3 is 14.5 Å². The van der Waals surface area contributed by atoms with Crippen molar-refractivity contribution in [3.63, 3.8) is 0 Å². The molecule has 24 heavy (non-hydrogen) atoms. The van der Waals surface area contributed by atoms with Gasteiger partial charge in [-0.25, -0.2) is 4.98 Å². The van der Waals surface area contributed by atoms with Crippen LogP contribution in [0, 0.1) is 0 Å². The van der Waals surface area contributed by atoms with Gasteiger partial charge in [-0.05, 0) is 37.6 Å². The molecule has 2 aromatic heterocycles. The van der Waals surface area contributed by atoms with Gasteiger partial charge in [0.2, 0.25) is 0 Å². The monoisotopic (exact) mass is 327 g/mol. The standard InChI is InChI=1S/C17H21N5O2/c1-2-24-14-6-3-8-18-16(14)17(23)22-11-5-10-21(12-13-22)15-7-4-9-19-20-15/h3-4,6-9H,2,5,10-13H2,1H3. The summed E-state index contributed by atoms with van der Waals surface area (Å²) in [5.41, 5.74) is 0.382. The number of hydrogen-bond acceptors (Lipinski definition) is 6. The molecule has 0 saturated carbocycles. The number of nitrogens with zero attached hydrogens (tertiary/aromatic N) is 5. The van der Waals surface area contributed by atoms with Crippen LogP contribution in [0.25, 0.3) is 0 Å². The molecule has 0 bridgehead atoms. The molecule has 0 spiro atoms. The normalized spacial score (nSPS) is 15.0. The molecular formula is C17H21N5O2. The smallest absolute Gasteiger partial charge is 0.276 e. The van der Waals surface area contributed by atoms with Gasteiger partial charge in [0.25, 0.3) is 5.91 Å². The number of carbonyl (C=O) groups excluding carboxylic acids is 1. The summed E-state index contributed by atoms with van der Waals surface area (Å²) < 4.78 is 5.53. The van der Waals surface area contributed by atoms with E-state index >= 15 is 0 Å². The number of pyridine rings is 1. The zero-order valence-corrected chi connectivity index (χ0v) is 13.8. The average Bonchev–Trinajstić information content (AvgIpc) is 2.89. The lowest BCUT2D eigenvalue weighted by Crippen LogP contribution is -2.36. The van der Waals surface area contributed by atoms with Gasteiger partial charge in [-0.15, -0.1) is 5.10 Å². The molecule has 1 amide bonds. The van der Waals surface area contributed by atoms with Crippen molar-refractivity contribution >= 4 is 11.7 Å². The molecule has 7 nitrogen and oxygen atoms in total. The van der Waals surface area contributed by atoms with Crippen LogP contribution in [0.1, 0.15) is 23.8 Å². The molecule has 2 aromatic rings. The number of ether oxygens (including phenoxy) is 1. The van der Waals surface area contributed by atoms with Crippen LogP contribution in [0.4, 0.5) is 5.82 Å². The van der Waals surface area contributed by atoms with Crippen LogP contribution in [0.15, 0.2) is 36.7 Å². The summed E-state index contributed by atoms with van der Waals surface area (Å²) in [6, 6.07) is 7.38. The van der Waals surface area contributed by atoms with Crippen molar-refractivity contribution in [1.82, 2.24) is 20.1 Å². The maximum Gasteiger partial charge on any atom is 0.276 e. The number of aromatic nitrogens is 3. The molecule has 0 N–H and O–H groups in total. The van der Waals surface area contributed by atoms with Crippen molar-refractivity contribution < 1.29 is 9.53 Å². The van der Waals surface area contributed by atoms with Gasteiger partial charge >= 0.3 is 0 Å². The van der Waals surface area contributed by atoms with E-state index in [1.165, 1.54) is 0 Å². The molecule has 0 atom stereocenters. The first-order chi connectivity index (χ1) is 11.8. The lowest BCUT2D eigenvalue weighted by molar-refractivity contribution is 0.0756. The van der Waals surface area contributed by atoms with Crippen molar-refractivity contribution in [3.05, 3.63) is 42.4 Å². The Morgan fingerprint density at radius 2 is 2.04 bits per heavy atom. The lowest BCUT2D eigenvalue weighted by Gasteiger charge is -2.22. The Morgan fingerprint density at radius 1 is 1.17 bits per heavy atom. The Labute approximate surface area is 141 Å². The van der Waals surface area contributed by atoms with Crippen molar-refractivity contribution in [2.75, 3.05) is 37.7 Å². The minimum atomic E-state index is -0.0833. The SMILES string of the molecule is CCOc1cccnc1C(=O)N1CCCN(c2cccnn2)CC1. The zero-order chi connectivity index (χ0) is 16.8. The van der Waals surface area contributed by atoms with E-state index in [-0.39, 0.29) is 5.91 Å². The maximum absolute atomic E-state index is 12.8. The molecule has 1 fully saturated rings. The molecule has 0 aromatic carbocycles. The second-order valence-electron chi connectivity index (χ2n) is 5.50. The van der Waals surface area contributed by atoms with Gasteiger partial charge in [0.15, 0.2) is 17.3 Å². The number of hydrogen-bond donors (Lipinski definition) is 0. The second-order valence-corrected chi connectivity index (χ2v) is 5.50. The summed E-state index contributed by atoms with van der Waals surface area (Å²) in [5, 5.41) is 8.08. The number of amides is 1. The van der Waals surface area contributed by atoms with E-state index in [0.29, 0.717) is 31.1 Å². The second kappa shape index (κ2) is 7.72. The molecule has 1 aliphatic heterocycles. The molecule has 3 heterocycles. The van der Waals surface area contributed by atoms with Crippen LogP contribution in [-0.4, -0.2) is 58.8 Å². The van der Waals surface area contributed by atoms with Gasteiger partial charge in [-0.1, -0.05) is 0 Å². The first kappa shape index (κ1) is 16.2. The summed E-state index contributed by atoms with van der Waals surface area (Å²) in [7, 11) is 0. The van der Waals surface area contributed by atoms with Crippen LogP contribution in [0.2, 0.25) is 0 Å². The van der Waals surface area contributed by atoms with Crippen LogP contribution >= 0.6 is 0 Å². The predicted molar refractivity (Wildman–Crippen MR) is 90.2 cm³/mol. The van der Waals surface area contributed by atoms with E-state index in [0.717, 1.165) is 25.3 Å². The third kappa shape index (κ3) is 3.61. The van der Waals surface area contributed by atoms with Crippen molar-refractivity contribution in [2.45, 2.75) is 13.3 Å². The molecule has 0 aliphatic carbocycles. The zero-order valence-electron chi connectivity index (χ0n) is 13.8. The number of carbonyl (C=O) groups is 1. The fourth-order valence-electron chi connectivity index (χ4n) is 2.78. The van der Waals surface area contributed by atoms with Gasteiger partial charge in [0.1, 0.15) is 0 Å². The predicted octanol–water partition coefficient (Wildman–Crippen LogP) is 1.62. The van der Waals surface area contributed by atoms with E-state index < -0.39 is 0 Å². The highest BCUT2D eigenvalue weighted by Gasteiger charge is 2.24. The van der Waals surface area contributed by atoms with Crippen molar-refractivity contribution in [1.29, 1.82) is 0 Å². The van der Waals surface area contributed by atoms with E-state index in [2.05, 4.69) is 20.1 Å². The molecule has 1 saturated heterocycles. The van der Waals surface area contributed by atoms with Crippen molar-refractivity contribution in [3.8, 4) is 5.75 Å². The molecule has 0 unspecified atom stereocenters. The van der Waals surface area contributed by atoms with Crippen LogP contribution < -0.4 is 9.64 Å². The van der Waals surface area contributed by atoms with Gasteiger partial charge in [0.05, 0.1) is 6.61 Å². The summed E-state index contributed by atoms with van der Waals surface area (Å²) in [6.07, 6.45) is 4.16. The highest BCUT2D eigenvalue weighted by atomic mass is 16.5. The highest BCUT2D eigenvalue weighted by Crippen LogP contribution is 2.19. The largest absolute Gasteiger partial charge is 0.491 e. The summed E-state index contributed by atoms with van der Waals surface area (Å²) >= 11 is 0. The van der Waals surface area contributed by atoms with Gasteiger partial charge in [-0.3, -0.25) is 4.79 Å². The van der Waals surface area contributed by atoms with Crippen LogP contribution in [0.5, 0.6) is 5.75 Å². The first-order valence-electron chi connectivity index (χ1n) is 8.19. The number of anilines is 1. The Balaban J connectivity index is 1.71. The Hall–Kier alpha value is -2.70. The molecule has 1 aliphatic rings. The van der Waals surface area contributed by atoms with Crippen LogP contribution in [-0.2, 0) is 0 Å². The molecule has 126 valence electrons. The first-order valence-corrected chi connectivity index (χ1v) is 8.19. The fourth-order valence-corrected chi connectivity index (χ4v) is 2.78. The topological polar surface area (TPSA) is 71.5 Å². The van der Waals surface area contributed by atoms with E-state index in [1.54, 1.807) is 24.5 Å². The third-order valence-electron chi connectivity index (χ3n) is 3.94. The number of rotatable bonds is 4. The van der Waals surface area contributed by atoms with E-state index in [4.69, 9.17) is 4.74 Å². The van der Waals surface area contributed by atoms with Gasteiger partial charge in [0, 0.05) is 38.6 Å². The van der Waals surface area contributed by atoms with Crippen LogP contribution in [0.3, 0.4) is 0 Å². The quantitative estimate of drug-likeness (QED) is 0.850. The van der Waals surface area contributed by atoms with Crippen molar-refractivity contribution in [2.24, 2.45) is 0 Å². The molecule has 0 radical (unpaired) electrons. The minimum absolute atomic E-state index is 0.0833. The third-order valence-corrected chi connectivity index (χ3v) is 3.94. The summed E-state index contributed by atoms with van der Waals surface area (Å²) in [6.45, 7) is 5.29. The molecule has 3 rings (SSSR count). The summed E-state index contributed by atoms with van der Waals surface area (Å²) in [5.74, 6) is 1.31. The Kier molecular flexibility index (Phi) is 5.20. The Bertz CT molecular complexity index is 680. The Morgan fingerprint density at radius 3 is 2.83 bits per heavy atom. The minimum Gasteiger partial charge on any atom is -0.491 e. The average molecular weight is 327 g/mol. The van der Waals surface area contributed by atoms with Gasteiger partial charge in [-0.2, -0.15) is 5.10 Å².